The van der Waals surface area contributed by atoms with E-state index in [9.17, 15) is 19.7 Å². The molecule has 0 aliphatic heterocycles. The van der Waals surface area contributed by atoms with E-state index in [0.717, 1.165) is 6.42 Å². The standard InChI is InChI=1S/C15H16N2O5/c1-3-7-16-9-12(15(19)22-4-2)14(18)11-6-5-10(17(20)21)8-13(11)16/h5-6,8-9H,3-4,7H2,1-2H3. The van der Waals surface area contributed by atoms with Crippen LogP contribution in [0.15, 0.2) is 29.2 Å². The monoisotopic (exact) mass is 304 g/mol. The highest BCUT2D eigenvalue weighted by atomic mass is 16.6. The van der Waals surface area contributed by atoms with Crippen molar-refractivity contribution >= 4 is 22.6 Å². The third-order valence-corrected chi connectivity index (χ3v) is 3.24. The van der Waals surface area contributed by atoms with Gasteiger partial charge in [-0.25, -0.2) is 4.79 Å². The fraction of sp³-hybridized carbons (Fsp3) is 0.333. The van der Waals surface area contributed by atoms with Crippen molar-refractivity contribution in [2.24, 2.45) is 0 Å². The summed E-state index contributed by atoms with van der Waals surface area (Å²) < 4.78 is 6.57. The molecule has 7 nitrogen and oxygen atoms in total. The van der Waals surface area contributed by atoms with E-state index >= 15 is 0 Å². The van der Waals surface area contributed by atoms with E-state index in [1.54, 1.807) is 11.5 Å². The van der Waals surface area contributed by atoms with Crippen LogP contribution in [0.5, 0.6) is 0 Å². The van der Waals surface area contributed by atoms with Crippen LogP contribution in [0.1, 0.15) is 30.6 Å². The normalized spacial score (nSPS) is 10.6. The van der Waals surface area contributed by atoms with Gasteiger partial charge >= 0.3 is 5.97 Å². The minimum Gasteiger partial charge on any atom is -0.462 e. The number of hydrogen-bond donors (Lipinski definition) is 0. The summed E-state index contributed by atoms with van der Waals surface area (Å²) in [4.78, 5) is 34.7. The second kappa shape index (κ2) is 6.38. The van der Waals surface area contributed by atoms with Crippen molar-refractivity contribution in [2.75, 3.05) is 6.61 Å². The van der Waals surface area contributed by atoms with E-state index in [2.05, 4.69) is 0 Å². The predicted molar refractivity (Wildman–Crippen MR) is 81.1 cm³/mol. The number of benzene rings is 1. The lowest BCUT2D eigenvalue weighted by Gasteiger charge is -2.12. The fourth-order valence-corrected chi connectivity index (χ4v) is 2.27. The highest BCUT2D eigenvalue weighted by Gasteiger charge is 2.18. The average molecular weight is 304 g/mol. The Morgan fingerprint density at radius 3 is 2.68 bits per heavy atom. The molecule has 2 aromatic rings. The van der Waals surface area contributed by atoms with E-state index in [0.29, 0.717) is 12.1 Å². The number of hydrogen-bond acceptors (Lipinski definition) is 5. The molecular formula is C15H16N2O5. The van der Waals surface area contributed by atoms with Crippen molar-refractivity contribution in [2.45, 2.75) is 26.8 Å². The van der Waals surface area contributed by atoms with Crippen LogP contribution in [-0.4, -0.2) is 22.1 Å². The summed E-state index contributed by atoms with van der Waals surface area (Å²) in [6, 6.07) is 3.99. The molecule has 2 rings (SSSR count). The van der Waals surface area contributed by atoms with Crippen LogP contribution in [0, 0.1) is 10.1 Å². The number of nitrogens with zero attached hydrogens (tertiary/aromatic N) is 2. The summed E-state index contributed by atoms with van der Waals surface area (Å²) in [7, 11) is 0. The van der Waals surface area contributed by atoms with Gasteiger partial charge in [0.15, 0.2) is 0 Å². The number of nitro groups is 1. The maximum atomic E-state index is 12.4. The Bertz CT molecular complexity index is 794. The molecule has 0 saturated carbocycles. The SMILES string of the molecule is CCCn1cc(C(=O)OCC)c(=O)c2ccc([N+](=O)[O-])cc21. The first-order chi connectivity index (χ1) is 10.5. The number of non-ortho nitro benzene ring substituents is 1. The van der Waals surface area contributed by atoms with Crippen molar-refractivity contribution in [1.82, 2.24) is 4.57 Å². The molecule has 0 spiro atoms. The van der Waals surface area contributed by atoms with Crippen molar-refractivity contribution < 1.29 is 14.5 Å². The van der Waals surface area contributed by atoms with Gasteiger partial charge < -0.3 is 9.30 Å². The second-order valence-corrected chi connectivity index (χ2v) is 4.74. The number of rotatable bonds is 5. The first-order valence-corrected chi connectivity index (χ1v) is 6.98. The Labute approximate surface area is 126 Å². The zero-order valence-corrected chi connectivity index (χ0v) is 12.4. The Hall–Kier alpha value is -2.70. The minimum atomic E-state index is -0.683. The summed E-state index contributed by atoms with van der Waals surface area (Å²) in [6.07, 6.45) is 2.17. The van der Waals surface area contributed by atoms with Gasteiger partial charge in [-0.15, -0.1) is 0 Å². The van der Waals surface area contributed by atoms with Crippen molar-refractivity contribution in [3.63, 3.8) is 0 Å². The lowest BCUT2D eigenvalue weighted by molar-refractivity contribution is -0.384. The third-order valence-electron chi connectivity index (χ3n) is 3.24. The molecule has 116 valence electrons. The van der Waals surface area contributed by atoms with E-state index in [1.165, 1.54) is 24.4 Å². The smallest absolute Gasteiger partial charge is 0.343 e. The van der Waals surface area contributed by atoms with Gasteiger partial charge in [0.25, 0.3) is 5.69 Å². The van der Waals surface area contributed by atoms with Gasteiger partial charge in [0.1, 0.15) is 5.56 Å². The molecule has 0 aliphatic rings. The highest BCUT2D eigenvalue weighted by Crippen LogP contribution is 2.20. The quantitative estimate of drug-likeness (QED) is 0.481. The van der Waals surface area contributed by atoms with Crippen LogP contribution < -0.4 is 5.43 Å². The molecular weight excluding hydrogens is 288 g/mol. The molecule has 0 aliphatic carbocycles. The number of fused-ring (bicyclic) bond motifs is 1. The number of pyridine rings is 1. The van der Waals surface area contributed by atoms with Crippen molar-refractivity contribution in [3.05, 3.63) is 50.3 Å². The Kier molecular flexibility index (Phi) is 4.55. The first kappa shape index (κ1) is 15.7. The molecule has 0 N–H and O–H groups in total. The zero-order chi connectivity index (χ0) is 16.3. The van der Waals surface area contributed by atoms with Gasteiger partial charge in [-0.05, 0) is 19.4 Å². The van der Waals surface area contributed by atoms with Crippen molar-refractivity contribution in [1.29, 1.82) is 0 Å². The summed E-state index contributed by atoms with van der Waals surface area (Å²) in [6.45, 7) is 4.30. The summed E-state index contributed by atoms with van der Waals surface area (Å²) in [5.74, 6) is -0.683. The lowest BCUT2D eigenvalue weighted by atomic mass is 10.1. The lowest BCUT2D eigenvalue weighted by Crippen LogP contribution is -2.21. The maximum Gasteiger partial charge on any atom is 0.343 e. The molecule has 1 heterocycles. The molecule has 0 radical (unpaired) electrons. The van der Waals surface area contributed by atoms with Crippen molar-refractivity contribution in [3.8, 4) is 0 Å². The second-order valence-electron chi connectivity index (χ2n) is 4.74. The predicted octanol–water partition coefficient (Wildman–Crippen LogP) is 2.50. The minimum absolute atomic E-state index is 0.0587. The molecule has 0 bridgehead atoms. The molecule has 0 fully saturated rings. The van der Waals surface area contributed by atoms with Gasteiger partial charge in [-0.2, -0.15) is 0 Å². The molecule has 0 amide bonds. The van der Waals surface area contributed by atoms with E-state index in [-0.39, 0.29) is 23.2 Å². The highest BCUT2D eigenvalue weighted by molar-refractivity contribution is 5.94. The number of aromatic nitrogens is 1. The van der Waals surface area contributed by atoms with E-state index < -0.39 is 16.3 Å². The van der Waals surface area contributed by atoms with Gasteiger partial charge in [0, 0.05) is 30.3 Å². The number of carbonyl (C=O) groups is 1. The first-order valence-electron chi connectivity index (χ1n) is 6.98. The Morgan fingerprint density at radius 2 is 2.09 bits per heavy atom. The van der Waals surface area contributed by atoms with Crippen LogP contribution in [0.25, 0.3) is 10.9 Å². The van der Waals surface area contributed by atoms with Crippen LogP contribution in [-0.2, 0) is 11.3 Å². The summed E-state index contributed by atoms with van der Waals surface area (Å²) >= 11 is 0. The van der Waals surface area contributed by atoms with Crippen LogP contribution >= 0.6 is 0 Å². The zero-order valence-electron chi connectivity index (χ0n) is 12.4. The van der Waals surface area contributed by atoms with E-state index in [4.69, 9.17) is 4.74 Å². The van der Waals surface area contributed by atoms with E-state index in [1.807, 2.05) is 6.92 Å². The molecule has 0 atom stereocenters. The summed E-state index contributed by atoms with van der Waals surface area (Å²) in [5.41, 5.74) is -0.193. The Balaban J connectivity index is 2.75. The van der Waals surface area contributed by atoms with Crippen LogP contribution in [0.4, 0.5) is 5.69 Å². The topological polar surface area (TPSA) is 91.4 Å². The number of nitro benzene ring substituents is 1. The number of aryl methyl sites for hydroxylation is 1. The summed E-state index contributed by atoms with van der Waals surface area (Å²) in [5, 5.41) is 11.2. The van der Waals surface area contributed by atoms with Gasteiger partial charge in [-0.3, -0.25) is 14.9 Å². The van der Waals surface area contributed by atoms with Gasteiger partial charge in [0.05, 0.1) is 17.0 Å². The largest absolute Gasteiger partial charge is 0.462 e. The maximum absolute atomic E-state index is 12.4. The molecule has 7 heteroatoms. The molecule has 22 heavy (non-hydrogen) atoms. The molecule has 1 aromatic carbocycles. The third kappa shape index (κ3) is 2.83. The van der Waals surface area contributed by atoms with Gasteiger partial charge in [0.2, 0.25) is 5.43 Å². The molecule has 0 saturated heterocycles. The van der Waals surface area contributed by atoms with Gasteiger partial charge in [-0.1, -0.05) is 6.92 Å². The molecule has 0 unspecified atom stereocenters. The van der Waals surface area contributed by atoms with Crippen LogP contribution in [0.3, 0.4) is 0 Å². The van der Waals surface area contributed by atoms with Crippen LogP contribution in [0.2, 0.25) is 0 Å². The average Bonchev–Trinajstić information content (AvgIpc) is 2.49. The number of carbonyl (C=O) groups excluding carboxylic acids is 1. The number of ether oxygens (including phenoxy) is 1. The molecule has 1 aromatic heterocycles. The fourth-order valence-electron chi connectivity index (χ4n) is 2.27. The Morgan fingerprint density at radius 1 is 1.36 bits per heavy atom. The number of esters is 1.